The minimum Gasteiger partial charge on any atom is -0.507 e. The van der Waals surface area contributed by atoms with Crippen LogP contribution in [0.15, 0.2) is 18.2 Å². The lowest BCUT2D eigenvalue weighted by molar-refractivity contribution is -0.145. The first-order valence-electron chi connectivity index (χ1n) is 7.27. The highest BCUT2D eigenvalue weighted by atomic mass is 35.5. The minimum absolute atomic E-state index is 0.112. The maximum Gasteiger partial charge on any atom is 0.342 e. The van der Waals surface area contributed by atoms with Gasteiger partial charge in [-0.25, -0.2) is 9.59 Å². The Bertz CT molecular complexity index is 617. The molecule has 0 unspecified atom stereocenters. The fourth-order valence-corrected chi connectivity index (χ4v) is 2.12. The van der Waals surface area contributed by atoms with E-state index in [-0.39, 0.29) is 22.3 Å². The van der Waals surface area contributed by atoms with Crippen LogP contribution in [0.3, 0.4) is 0 Å². The molecule has 7 nitrogen and oxygen atoms in total. The standard InChI is InChI=1S/C16H20ClNO6/c1-9(2)6-12(16(22)23-3)18-14(20)8-24-15(21)11-5-4-10(17)7-13(11)19/h4-5,7,9,12,19H,6,8H2,1-3H3,(H,18,20)/t12-/m1/s1. The van der Waals surface area contributed by atoms with Crippen molar-refractivity contribution in [1.29, 1.82) is 0 Å². The topological polar surface area (TPSA) is 102 Å². The van der Waals surface area contributed by atoms with E-state index in [1.165, 1.54) is 25.3 Å². The van der Waals surface area contributed by atoms with Gasteiger partial charge in [-0.3, -0.25) is 4.79 Å². The quantitative estimate of drug-likeness (QED) is 0.723. The van der Waals surface area contributed by atoms with Crippen molar-refractivity contribution < 1.29 is 29.0 Å². The third-order valence-electron chi connectivity index (χ3n) is 3.04. The first-order chi connectivity index (χ1) is 11.2. The van der Waals surface area contributed by atoms with Gasteiger partial charge in [-0.1, -0.05) is 25.4 Å². The van der Waals surface area contributed by atoms with E-state index in [9.17, 15) is 19.5 Å². The number of phenolic OH excluding ortho intramolecular Hbond substituents is 1. The molecule has 2 N–H and O–H groups in total. The second kappa shape index (κ2) is 9.12. The predicted molar refractivity (Wildman–Crippen MR) is 86.8 cm³/mol. The summed E-state index contributed by atoms with van der Waals surface area (Å²) in [5.74, 6) is -2.28. The molecule has 24 heavy (non-hydrogen) atoms. The molecule has 1 atom stereocenters. The fourth-order valence-electron chi connectivity index (χ4n) is 1.95. The van der Waals surface area contributed by atoms with Gasteiger partial charge in [0.25, 0.3) is 5.91 Å². The SMILES string of the molecule is COC(=O)[C@@H](CC(C)C)NC(=O)COC(=O)c1ccc(Cl)cc1O. The molecule has 0 spiro atoms. The van der Waals surface area contributed by atoms with E-state index in [0.717, 1.165) is 0 Å². The molecule has 0 saturated heterocycles. The van der Waals surface area contributed by atoms with Crippen LogP contribution in [-0.4, -0.2) is 42.7 Å². The van der Waals surface area contributed by atoms with E-state index in [0.29, 0.717) is 6.42 Å². The number of carbonyl (C=O) groups excluding carboxylic acids is 3. The lowest BCUT2D eigenvalue weighted by Crippen LogP contribution is -2.44. The first kappa shape index (κ1) is 19.8. The highest BCUT2D eigenvalue weighted by Gasteiger charge is 2.23. The van der Waals surface area contributed by atoms with Crippen molar-refractivity contribution >= 4 is 29.4 Å². The number of aromatic hydroxyl groups is 1. The van der Waals surface area contributed by atoms with Crippen molar-refractivity contribution in [2.75, 3.05) is 13.7 Å². The molecule has 1 aromatic rings. The number of hydrogen-bond donors (Lipinski definition) is 2. The normalized spacial score (nSPS) is 11.7. The highest BCUT2D eigenvalue weighted by molar-refractivity contribution is 6.30. The summed E-state index contributed by atoms with van der Waals surface area (Å²) in [5, 5.41) is 12.3. The second-order valence-electron chi connectivity index (χ2n) is 5.51. The molecule has 0 saturated carbocycles. The number of methoxy groups -OCH3 is 1. The lowest BCUT2D eigenvalue weighted by atomic mass is 10.0. The van der Waals surface area contributed by atoms with Crippen molar-refractivity contribution in [2.45, 2.75) is 26.3 Å². The molecule has 1 rings (SSSR count). The molecule has 0 radical (unpaired) electrons. The van der Waals surface area contributed by atoms with Crippen LogP contribution in [0.5, 0.6) is 5.75 Å². The van der Waals surface area contributed by atoms with Crippen molar-refractivity contribution in [2.24, 2.45) is 5.92 Å². The van der Waals surface area contributed by atoms with Gasteiger partial charge in [0.2, 0.25) is 0 Å². The number of hydrogen-bond acceptors (Lipinski definition) is 6. The van der Waals surface area contributed by atoms with E-state index in [1.54, 1.807) is 0 Å². The molecule has 8 heteroatoms. The average Bonchev–Trinajstić information content (AvgIpc) is 2.50. The molecule has 132 valence electrons. The third-order valence-corrected chi connectivity index (χ3v) is 3.28. The van der Waals surface area contributed by atoms with Crippen LogP contribution in [-0.2, 0) is 19.1 Å². The predicted octanol–water partition coefficient (Wildman–Crippen LogP) is 1.91. The Kier molecular flexibility index (Phi) is 7.51. The Balaban J connectivity index is 2.60. The van der Waals surface area contributed by atoms with Gasteiger partial charge in [-0.05, 0) is 30.5 Å². The van der Waals surface area contributed by atoms with E-state index in [2.05, 4.69) is 10.1 Å². The summed E-state index contributed by atoms with van der Waals surface area (Å²) >= 11 is 5.67. The van der Waals surface area contributed by atoms with Crippen molar-refractivity contribution in [3.8, 4) is 5.75 Å². The molecular weight excluding hydrogens is 338 g/mol. The lowest BCUT2D eigenvalue weighted by Gasteiger charge is -2.18. The number of esters is 2. The van der Waals surface area contributed by atoms with Crippen LogP contribution in [0.25, 0.3) is 0 Å². The number of ether oxygens (including phenoxy) is 2. The average molecular weight is 358 g/mol. The van der Waals surface area contributed by atoms with Gasteiger partial charge in [0.15, 0.2) is 6.61 Å². The Labute approximate surface area is 144 Å². The van der Waals surface area contributed by atoms with E-state index >= 15 is 0 Å². The van der Waals surface area contributed by atoms with Gasteiger partial charge >= 0.3 is 11.9 Å². The molecule has 0 aromatic heterocycles. The molecule has 1 aromatic carbocycles. The Morgan fingerprint density at radius 2 is 1.96 bits per heavy atom. The van der Waals surface area contributed by atoms with E-state index < -0.39 is 30.5 Å². The summed E-state index contributed by atoms with van der Waals surface area (Å²) in [5.41, 5.74) is -0.112. The Hall–Kier alpha value is -2.28. The van der Waals surface area contributed by atoms with Crippen molar-refractivity contribution in [3.05, 3.63) is 28.8 Å². The number of carbonyl (C=O) groups is 3. The molecule has 1 amide bonds. The Morgan fingerprint density at radius 3 is 2.50 bits per heavy atom. The van der Waals surface area contributed by atoms with Crippen LogP contribution >= 0.6 is 11.6 Å². The molecule has 0 aliphatic rings. The fraction of sp³-hybridized carbons (Fsp3) is 0.438. The summed E-state index contributed by atoms with van der Waals surface area (Å²) in [6.45, 7) is 3.20. The first-order valence-corrected chi connectivity index (χ1v) is 7.65. The van der Waals surface area contributed by atoms with Gasteiger partial charge in [0, 0.05) is 5.02 Å². The number of halogens is 1. The largest absolute Gasteiger partial charge is 0.507 e. The monoisotopic (exact) mass is 357 g/mol. The summed E-state index contributed by atoms with van der Waals surface area (Å²) < 4.78 is 9.45. The number of benzene rings is 1. The molecule has 0 bridgehead atoms. The minimum atomic E-state index is -0.877. The highest BCUT2D eigenvalue weighted by Crippen LogP contribution is 2.22. The maximum atomic E-state index is 11.9. The van der Waals surface area contributed by atoms with Gasteiger partial charge < -0.3 is 19.9 Å². The zero-order valence-corrected chi connectivity index (χ0v) is 14.4. The maximum absolute atomic E-state index is 11.9. The summed E-state index contributed by atoms with van der Waals surface area (Å²) in [6.07, 6.45) is 0.393. The second-order valence-corrected chi connectivity index (χ2v) is 5.95. The zero-order valence-electron chi connectivity index (χ0n) is 13.7. The van der Waals surface area contributed by atoms with Gasteiger partial charge in [-0.15, -0.1) is 0 Å². The summed E-state index contributed by atoms with van der Waals surface area (Å²) in [7, 11) is 1.23. The van der Waals surface area contributed by atoms with Crippen LogP contribution in [0.2, 0.25) is 5.02 Å². The van der Waals surface area contributed by atoms with Crippen molar-refractivity contribution in [1.82, 2.24) is 5.32 Å². The van der Waals surface area contributed by atoms with E-state index in [1.807, 2.05) is 13.8 Å². The number of amides is 1. The van der Waals surface area contributed by atoms with Crippen LogP contribution in [0.4, 0.5) is 0 Å². The molecule has 0 aliphatic carbocycles. The third kappa shape index (κ3) is 6.08. The van der Waals surface area contributed by atoms with Crippen LogP contribution in [0, 0.1) is 5.92 Å². The van der Waals surface area contributed by atoms with Gasteiger partial charge in [0.1, 0.15) is 17.4 Å². The van der Waals surface area contributed by atoms with Crippen LogP contribution in [0.1, 0.15) is 30.6 Å². The molecule has 0 heterocycles. The van der Waals surface area contributed by atoms with E-state index in [4.69, 9.17) is 16.3 Å². The van der Waals surface area contributed by atoms with Crippen LogP contribution < -0.4 is 5.32 Å². The number of nitrogens with one attached hydrogen (secondary N) is 1. The summed E-state index contributed by atoms with van der Waals surface area (Å²) in [4.78, 5) is 35.3. The summed E-state index contributed by atoms with van der Waals surface area (Å²) in [6, 6.07) is 3.07. The van der Waals surface area contributed by atoms with Gasteiger partial charge in [-0.2, -0.15) is 0 Å². The smallest absolute Gasteiger partial charge is 0.342 e. The number of phenols is 1. The number of rotatable bonds is 7. The molecular formula is C16H20ClNO6. The molecule has 0 aliphatic heterocycles. The molecule has 0 fully saturated rings. The van der Waals surface area contributed by atoms with Crippen molar-refractivity contribution in [3.63, 3.8) is 0 Å². The Morgan fingerprint density at radius 1 is 1.29 bits per heavy atom. The van der Waals surface area contributed by atoms with Gasteiger partial charge in [0.05, 0.1) is 7.11 Å². The zero-order chi connectivity index (χ0) is 18.3.